The van der Waals surface area contributed by atoms with Gasteiger partial charge in [0.05, 0.1) is 11.0 Å². The molecule has 0 radical (unpaired) electrons. The summed E-state index contributed by atoms with van der Waals surface area (Å²) >= 11 is 7.08. The van der Waals surface area contributed by atoms with Crippen LogP contribution in [0.3, 0.4) is 0 Å². The number of rotatable bonds is 10. The molecule has 149 heavy (non-hydrogen) atoms. The molecule has 3 heterocycles. The normalized spacial score (nSPS) is 14.1. The summed E-state index contributed by atoms with van der Waals surface area (Å²) in [5, 5.41) is 20.7. The highest BCUT2D eigenvalue weighted by molar-refractivity contribution is 9.10. The molecule has 0 saturated heterocycles. The van der Waals surface area contributed by atoms with E-state index in [0.29, 0.717) is 40.4 Å². The molecule has 21 aromatic rings. The van der Waals surface area contributed by atoms with Crippen LogP contribution < -0.4 is 5.46 Å². The highest BCUT2D eigenvalue weighted by Gasteiger charge is 2.49. The number of nitrogens with zero attached hydrogens (tertiary/aromatic N) is 7. The number of hydrogen-bond acceptors (Lipinski definition) is 8. The molecule has 0 aliphatic heterocycles. The third-order valence-electron chi connectivity index (χ3n) is 32.5. The summed E-state index contributed by atoms with van der Waals surface area (Å²) in [5.74, 6) is 3.96. The van der Waals surface area contributed by atoms with Crippen LogP contribution in [0, 0.1) is 0 Å². The maximum atomic E-state index is 9.13. The van der Waals surface area contributed by atoms with Crippen molar-refractivity contribution in [1.82, 2.24) is 34.5 Å². The summed E-state index contributed by atoms with van der Waals surface area (Å²) < 4.78 is 4.56. The molecule has 0 atom stereocenters. The van der Waals surface area contributed by atoms with Gasteiger partial charge in [0.1, 0.15) is 0 Å². The molecule has 736 valence electrons. The Bertz CT molecular complexity index is 8470. The molecule has 5 aliphatic rings. The minimum Gasteiger partial charge on any atom is -0.423 e. The molecule has 0 fully saturated rings. The first-order valence-corrected chi connectivity index (χ1v) is 52.0. The van der Waals surface area contributed by atoms with Gasteiger partial charge in [-0.05, 0) is 257 Å². The zero-order valence-electron chi connectivity index (χ0n) is 84.2. The molecule has 0 saturated carbocycles. The Labute approximate surface area is 895 Å². The molecule has 18 aromatic carbocycles. The predicted molar refractivity (Wildman–Crippen MR) is 633 cm³/mol. The van der Waals surface area contributed by atoms with E-state index >= 15 is 0 Å². The quantitative estimate of drug-likeness (QED) is 0.130. The molecule has 26 rings (SSSR count). The van der Waals surface area contributed by atoms with Gasteiger partial charge in [0.15, 0.2) is 34.9 Å². The van der Waals surface area contributed by atoms with Crippen molar-refractivity contribution in [2.75, 3.05) is 0 Å². The first-order valence-electron chi connectivity index (χ1n) is 50.4. The van der Waals surface area contributed by atoms with E-state index in [1.54, 1.807) is 6.07 Å². The molecular weight excluding hydrogens is 1950 g/mol. The summed E-state index contributed by atoms with van der Waals surface area (Å²) in [7, 11) is -1.38. The number of halogens is 2. The standard InChI is InChI=1S/C51H40N4.C31H28.C21H14BrN3.C18H19Br.C13H11BO2.3CH4/c1-50(2)43-21-13-11-19-39(43)42-31-36(26-30-44(42)51(50,3)4)37-25-29-41-40-20-12-14-22-45(40)55(46(41)32-37)38-27-23-35(24-28-38)49-53-47(33-15-7-5-8-16-33)52-48(54-49)34-17-9-6-10-18-34;1-30(2)28-12-8-7-11-26(28)27-19-21(14-16-29(27)31(30,3)4)20-13-15-25-23(17-20)18-22-9-5-6-10-24(22)25;22-18-13-11-17(12-14-18)21-24-19(15-7-3-1-4-8-15)23-20(25-21)16-9-5-2-6-10-16;1-17(2)15-8-6-5-7-13(15)14-11-12(19)9-10-16(14)18(17,3)4;15-14(16)11-5-6-13-10(8-11)7-9-3-1-2-4-12(9)13;;;/h5-32H,1-4H3;5-17,19H,18H2,1-4H3;1-14H;5-11H,1-4H3;1-6,8,15-16H,7H2;3*1H4. The topological polar surface area (TPSA) is 123 Å². The number of para-hydroxylation sites is 1. The van der Waals surface area contributed by atoms with Crippen LogP contribution in [0.4, 0.5) is 0 Å². The molecule has 9 nitrogen and oxygen atoms in total. The summed E-state index contributed by atoms with van der Waals surface area (Å²) in [4.78, 5) is 28.9. The van der Waals surface area contributed by atoms with Crippen molar-refractivity contribution in [3.63, 3.8) is 0 Å². The van der Waals surface area contributed by atoms with Crippen LogP contribution in [0.5, 0.6) is 0 Å². The number of hydrogen-bond donors (Lipinski definition) is 2. The van der Waals surface area contributed by atoms with E-state index in [9.17, 15) is 0 Å². The van der Waals surface area contributed by atoms with Gasteiger partial charge in [-0.3, -0.25) is 0 Å². The van der Waals surface area contributed by atoms with Gasteiger partial charge in [-0.2, -0.15) is 0 Å². The number of aromatic nitrogens is 7. The van der Waals surface area contributed by atoms with Crippen LogP contribution in [0.25, 0.3) is 174 Å². The number of fused-ring (bicyclic) bond motifs is 18. The van der Waals surface area contributed by atoms with Crippen LogP contribution in [0.1, 0.15) is 161 Å². The Balaban J connectivity index is 0.000000126. The smallest absolute Gasteiger partial charge is 0.423 e. The fourth-order valence-corrected chi connectivity index (χ4v) is 23.0. The fourth-order valence-electron chi connectivity index (χ4n) is 22.4. The second-order valence-corrected chi connectivity index (χ2v) is 44.0. The summed E-state index contributed by atoms with van der Waals surface area (Å²) in [6.07, 6.45) is 1.92. The SMILES string of the molecule is Brc1ccc(-c2nc(-c3ccccc3)nc(-c3ccccc3)n2)cc1.C.C.C.CC1(C)c2ccccc2-c2cc(-c3ccc4c(c3)Cc3ccccc3-4)ccc2C1(C)C.CC1(C)c2ccccc2-c2cc(-c3ccc4c5ccccc5n(-c5ccc(-c6nc(-c7ccccc7)nc(-c7ccccc7)n6)cc5)c4c3)ccc2C1(C)C.CC1(C)c2ccccc2-c2cc(Br)ccc2C1(C)C.OB(O)c1ccc2c(c1)Cc1ccccc1-2. The zero-order valence-corrected chi connectivity index (χ0v) is 87.4. The average molecular weight is 2070 g/mol. The second kappa shape index (κ2) is 41.1. The average Bonchev–Trinajstić information content (AvgIpc) is 1.33. The van der Waals surface area contributed by atoms with E-state index < -0.39 is 7.12 Å². The highest BCUT2D eigenvalue weighted by atomic mass is 79.9. The fraction of sp³-hybridized carbons (Fsp3) is 0.168. The van der Waals surface area contributed by atoms with Gasteiger partial charge in [0, 0.05) is 58.8 Å². The van der Waals surface area contributed by atoms with Crippen LogP contribution in [-0.4, -0.2) is 51.6 Å². The molecule has 0 unspecified atom stereocenters. The van der Waals surface area contributed by atoms with E-state index in [2.05, 4.69) is 373 Å². The Morgan fingerprint density at radius 3 is 0.899 bits per heavy atom. The van der Waals surface area contributed by atoms with Gasteiger partial charge in [-0.1, -0.05) is 489 Å². The second-order valence-electron chi connectivity index (χ2n) is 42.1. The van der Waals surface area contributed by atoms with Crippen LogP contribution >= 0.6 is 31.9 Å². The van der Waals surface area contributed by atoms with E-state index in [1.165, 1.54) is 155 Å². The molecular formula is C137H124BBr2N7O2. The maximum absolute atomic E-state index is 9.13. The van der Waals surface area contributed by atoms with Crippen molar-refractivity contribution in [2.24, 2.45) is 0 Å². The van der Waals surface area contributed by atoms with Crippen molar-refractivity contribution in [2.45, 2.75) is 151 Å². The minimum atomic E-state index is -1.38. The zero-order chi connectivity index (χ0) is 101. The van der Waals surface area contributed by atoms with Gasteiger partial charge in [-0.15, -0.1) is 0 Å². The molecule has 12 heteroatoms. The molecule has 0 spiro atoms. The Hall–Kier alpha value is -15.3. The van der Waals surface area contributed by atoms with E-state index in [0.717, 1.165) is 60.9 Å². The van der Waals surface area contributed by atoms with Gasteiger partial charge >= 0.3 is 7.12 Å². The first kappa shape index (κ1) is 102. The lowest BCUT2D eigenvalue weighted by molar-refractivity contribution is 0.299. The van der Waals surface area contributed by atoms with Gasteiger partial charge in [0.25, 0.3) is 0 Å². The summed E-state index contributed by atoms with van der Waals surface area (Å²) in [5.41, 5.74) is 42.6. The molecule has 0 bridgehead atoms. The Morgan fingerprint density at radius 2 is 0.490 bits per heavy atom. The lowest BCUT2D eigenvalue weighted by atomic mass is 9.55. The van der Waals surface area contributed by atoms with E-state index in [4.69, 9.17) is 35.0 Å². The van der Waals surface area contributed by atoms with Crippen LogP contribution in [0.2, 0.25) is 0 Å². The predicted octanol–water partition coefficient (Wildman–Crippen LogP) is 35.2. The van der Waals surface area contributed by atoms with Crippen molar-refractivity contribution in [1.29, 1.82) is 0 Å². The largest absolute Gasteiger partial charge is 0.488 e. The first-order chi connectivity index (χ1) is 70.6. The Morgan fingerprint density at radius 1 is 0.215 bits per heavy atom. The van der Waals surface area contributed by atoms with Crippen molar-refractivity contribution in [3.8, 4) is 152 Å². The van der Waals surface area contributed by atoms with Gasteiger partial charge < -0.3 is 14.6 Å². The molecule has 2 N–H and O–H groups in total. The monoisotopic (exact) mass is 2070 g/mol. The highest BCUT2D eigenvalue weighted by Crippen LogP contribution is 2.58. The van der Waals surface area contributed by atoms with Crippen LogP contribution in [0.15, 0.2) is 434 Å². The Kier molecular flexibility index (Phi) is 28.2. The van der Waals surface area contributed by atoms with Crippen molar-refractivity contribution < 1.29 is 10.0 Å². The van der Waals surface area contributed by atoms with Crippen molar-refractivity contribution >= 4 is 66.2 Å². The van der Waals surface area contributed by atoms with Gasteiger partial charge in [0.2, 0.25) is 0 Å². The third-order valence-corrected chi connectivity index (χ3v) is 33.6. The maximum Gasteiger partial charge on any atom is 0.488 e. The van der Waals surface area contributed by atoms with Crippen molar-refractivity contribution in [3.05, 3.63) is 489 Å². The van der Waals surface area contributed by atoms with Gasteiger partial charge in [-0.25, -0.2) is 29.9 Å². The van der Waals surface area contributed by atoms with E-state index in [1.807, 2.05) is 170 Å². The summed E-state index contributed by atoms with van der Waals surface area (Å²) in [6.45, 7) is 28.6. The number of benzene rings is 18. The lowest BCUT2D eigenvalue weighted by Crippen LogP contribution is -2.43. The van der Waals surface area contributed by atoms with E-state index in [-0.39, 0.29) is 54.8 Å². The molecule has 0 amide bonds. The molecule has 5 aliphatic carbocycles. The van der Waals surface area contributed by atoms with Crippen LogP contribution in [-0.2, 0) is 45.3 Å². The summed E-state index contributed by atoms with van der Waals surface area (Å²) in [6, 6.07) is 150. The lowest BCUT2D eigenvalue weighted by Gasteiger charge is -2.48. The third kappa shape index (κ3) is 18.8. The molecule has 3 aromatic heterocycles. The minimum absolute atomic E-state index is 0.